The van der Waals surface area contributed by atoms with Crippen LogP contribution in [-0.4, -0.2) is 32.6 Å². The second kappa shape index (κ2) is 9.81. The molecular weight excluding hydrogens is 472 g/mol. The summed E-state index contributed by atoms with van der Waals surface area (Å²) >= 11 is 0. The van der Waals surface area contributed by atoms with E-state index in [0.717, 1.165) is 5.56 Å². The lowest BCUT2D eigenvalue weighted by Crippen LogP contribution is -2.28. The number of carbonyl (C=O) groups is 2. The fourth-order valence-electron chi connectivity index (χ4n) is 4.49. The molecule has 2 heterocycles. The van der Waals surface area contributed by atoms with Crippen LogP contribution in [0.2, 0.25) is 0 Å². The molecule has 1 unspecified atom stereocenters. The van der Waals surface area contributed by atoms with E-state index < -0.39 is 5.92 Å². The van der Waals surface area contributed by atoms with Gasteiger partial charge in [-0.25, -0.2) is 0 Å². The van der Waals surface area contributed by atoms with Gasteiger partial charge in [-0.2, -0.15) is 0 Å². The van der Waals surface area contributed by atoms with Crippen molar-refractivity contribution >= 4 is 34.2 Å². The zero-order valence-electron chi connectivity index (χ0n) is 20.7. The molecule has 8 nitrogen and oxygen atoms in total. The molecule has 8 heteroatoms. The lowest BCUT2D eigenvalue weighted by Gasteiger charge is -2.20. The van der Waals surface area contributed by atoms with E-state index in [0.29, 0.717) is 45.2 Å². The Labute approximate surface area is 213 Å². The molecule has 2 amide bonds. The van der Waals surface area contributed by atoms with Crippen LogP contribution in [0.1, 0.15) is 12.0 Å². The van der Waals surface area contributed by atoms with Gasteiger partial charge in [0, 0.05) is 30.3 Å². The number of carbonyl (C=O) groups excluding carboxylic acids is 2. The third kappa shape index (κ3) is 4.78. The van der Waals surface area contributed by atoms with Gasteiger partial charge in [-0.1, -0.05) is 6.07 Å². The molecule has 0 bridgehead atoms. The van der Waals surface area contributed by atoms with Gasteiger partial charge in [-0.05, 0) is 67.1 Å². The average Bonchev–Trinajstić information content (AvgIpc) is 3.30. The van der Waals surface area contributed by atoms with Crippen molar-refractivity contribution in [1.29, 1.82) is 0 Å². The number of hydrogen-bond donors (Lipinski definition) is 1. The Morgan fingerprint density at radius 1 is 0.973 bits per heavy atom. The van der Waals surface area contributed by atoms with Gasteiger partial charge in [0.15, 0.2) is 5.43 Å². The summed E-state index contributed by atoms with van der Waals surface area (Å²) in [6.07, 6.45) is 0.119. The lowest BCUT2D eigenvalue weighted by atomic mass is 10.1. The lowest BCUT2D eigenvalue weighted by molar-refractivity contribution is -0.122. The molecule has 1 atom stereocenters. The summed E-state index contributed by atoms with van der Waals surface area (Å²) in [6.45, 7) is 2.22. The predicted octanol–water partition coefficient (Wildman–Crippen LogP) is 4.78. The minimum absolute atomic E-state index is 0.119. The summed E-state index contributed by atoms with van der Waals surface area (Å²) in [6, 6.07) is 19.2. The quantitative estimate of drug-likeness (QED) is 0.411. The van der Waals surface area contributed by atoms with Gasteiger partial charge in [0.1, 0.15) is 22.8 Å². The zero-order valence-corrected chi connectivity index (χ0v) is 20.7. The molecule has 37 heavy (non-hydrogen) atoms. The smallest absolute Gasteiger partial charge is 0.229 e. The van der Waals surface area contributed by atoms with Gasteiger partial charge in [-0.15, -0.1) is 0 Å². The fraction of sp³-hybridized carbons (Fsp3) is 0.207. The Balaban J connectivity index is 1.30. The normalized spacial score (nSPS) is 15.2. The van der Waals surface area contributed by atoms with E-state index in [1.807, 2.05) is 25.1 Å². The first-order chi connectivity index (χ1) is 17.9. The molecule has 5 rings (SSSR count). The highest BCUT2D eigenvalue weighted by molar-refractivity contribution is 6.04. The minimum Gasteiger partial charge on any atom is -0.497 e. The number of aryl methyl sites for hydroxylation is 1. The number of ether oxygens (including phenoxy) is 2. The van der Waals surface area contributed by atoms with E-state index in [4.69, 9.17) is 13.9 Å². The van der Waals surface area contributed by atoms with E-state index >= 15 is 0 Å². The molecule has 1 saturated heterocycles. The number of nitrogens with zero attached hydrogens (tertiary/aromatic N) is 1. The molecule has 0 aliphatic carbocycles. The number of hydrogen-bond acceptors (Lipinski definition) is 6. The molecule has 0 spiro atoms. The largest absolute Gasteiger partial charge is 0.497 e. The van der Waals surface area contributed by atoms with Crippen LogP contribution in [0.4, 0.5) is 11.4 Å². The van der Waals surface area contributed by atoms with Gasteiger partial charge in [-0.3, -0.25) is 14.4 Å². The molecular formula is C29H26N2O6. The fourth-order valence-corrected chi connectivity index (χ4v) is 4.49. The molecule has 1 N–H and O–H groups in total. The van der Waals surface area contributed by atoms with Crippen LogP contribution >= 0.6 is 0 Å². The summed E-state index contributed by atoms with van der Waals surface area (Å²) in [5, 5.41) is 3.33. The first-order valence-electron chi connectivity index (χ1n) is 11.8. The topological polar surface area (TPSA) is 98.1 Å². The second-order valence-corrected chi connectivity index (χ2v) is 8.98. The van der Waals surface area contributed by atoms with E-state index in [9.17, 15) is 14.4 Å². The molecule has 0 saturated carbocycles. The Bertz CT molecular complexity index is 1560. The van der Waals surface area contributed by atoms with Crippen molar-refractivity contribution in [3.05, 3.63) is 82.5 Å². The van der Waals surface area contributed by atoms with Gasteiger partial charge in [0.2, 0.25) is 11.8 Å². The maximum absolute atomic E-state index is 13.0. The summed E-state index contributed by atoms with van der Waals surface area (Å²) in [4.78, 5) is 39.9. The molecule has 0 radical (unpaired) electrons. The summed E-state index contributed by atoms with van der Waals surface area (Å²) in [7, 11) is 3.10. The predicted molar refractivity (Wildman–Crippen MR) is 141 cm³/mol. The van der Waals surface area contributed by atoms with Crippen LogP contribution in [0.15, 0.2) is 75.9 Å². The van der Waals surface area contributed by atoms with Gasteiger partial charge in [0.25, 0.3) is 0 Å². The van der Waals surface area contributed by atoms with Crippen LogP contribution < -0.4 is 25.1 Å². The number of methoxy groups -OCH3 is 2. The van der Waals surface area contributed by atoms with E-state index in [2.05, 4.69) is 5.32 Å². The number of nitrogens with one attached hydrogen (secondary N) is 1. The van der Waals surface area contributed by atoms with Crippen molar-refractivity contribution < 1.29 is 23.5 Å². The second-order valence-electron chi connectivity index (χ2n) is 8.98. The molecule has 188 valence electrons. The Hall–Kier alpha value is -4.59. The number of fused-ring (bicyclic) bond motifs is 1. The van der Waals surface area contributed by atoms with Gasteiger partial charge >= 0.3 is 0 Å². The number of rotatable bonds is 6. The number of amides is 2. The van der Waals surface area contributed by atoms with Crippen molar-refractivity contribution in [2.45, 2.75) is 13.3 Å². The number of benzene rings is 3. The van der Waals surface area contributed by atoms with Crippen LogP contribution in [-0.2, 0) is 9.59 Å². The highest BCUT2D eigenvalue weighted by Gasteiger charge is 2.36. The molecule has 4 aromatic rings. The monoisotopic (exact) mass is 498 g/mol. The first-order valence-corrected chi connectivity index (χ1v) is 11.8. The summed E-state index contributed by atoms with van der Waals surface area (Å²) in [5.41, 5.74) is 3.23. The SMILES string of the molecule is COc1ccc2oc(-c3ccc(NC(=O)C4CC(=O)N(c5cc(C)ccc5OC)C4)cc3)cc(=O)c2c1. The van der Waals surface area contributed by atoms with Crippen molar-refractivity contribution in [2.24, 2.45) is 5.92 Å². The van der Waals surface area contributed by atoms with Crippen molar-refractivity contribution in [2.75, 3.05) is 31.0 Å². The van der Waals surface area contributed by atoms with Gasteiger partial charge < -0.3 is 24.1 Å². The third-order valence-corrected chi connectivity index (χ3v) is 6.49. The molecule has 1 fully saturated rings. The molecule has 1 aliphatic heterocycles. The summed E-state index contributed by atoms with van der Waals surface area (Å²) < 4.78 is 16.5. The average molecular weight is 499 g/mol. The molecule has 1 aromatic heterocycles. The standard InChI is InChI=1S/C29H26N2O6/c1-17-4-10-26(36-3)23(12-17)31-16-19(13-28(31)33)29(34)30-20-7-5-18(6-8-20)27-15-24(32)22-14-21(35-2)9-11-25(22)37-27/h4-12,14-15,19H,13,16H2,1-3H3,(H,30,34). The van der Waals surface area contributed by atoms with E-state index in [1.54, 1.807) is 61.6 Å². The van der Waals surface area contributed by atoms with Crippen molar-refractivity contribution in [1.82, 2.24) is 0 Å². The van der Waals surface area contributed by atoms with E-state index in [-0.39, 0.29) is 30.2 Å². The first kappa shape index (κ1) is 24.1. The van der Waals surface area contributed by atoms with Crippen molar-refractivity contribution in [3.63, 3.8) is 0 Å². The number of anilines is 2. The Kier molecular flexibility index (Phi) is 6.40. The van der Waals surface area contributed by atoms with E-state index in [1.165, 1.54) is 6.07 Å². The summed E-state index contributed by atoms with van der Waals surface area (Å²) in [5.74, 6) is 0.746. The maximum Gasteiger partial charge on any atom is 0.229 e. The van der Waals surface area contributed by atoms with Crippen LogP contribution in [0.5, 0.6) is 11.5 Å². The van der Waals surface area contributed by atoms with Crippen molar-refractivity contribution in [3.8, 4) is 22.8 Å². The molecule has 1 aliphatic rings. The zero-order chi connectivity index (χ0) is 26.1. The van der Waals surface area contributed by atoms with Crippen LogP contribution in [0.3, 0.4) is 0 Å². The molecule has 3 aromatic carbocycles. The maximum atomic E-state index is 13.0. The Morgan fingerprint density at radius 3 is 2.49 bits per heavy atom. The minimum atomic E-state index is -0.493. The third-order valence-electron chi connectivity index (χ3n) is 6.49. The van der Waals surface area contributed by atoms with Crippen LogP contribution in [0.25, 0.3) is 22.3 Å². The van der Waals surface area contributed by atoms with Gasteiger partial charge in [0.05, 0.1) is 31.2 Å². The van der Waals surface area contributed by atoms with Crippen LogP contribution in [0, 0.1) is 12.8 Å². The highest BCUT2D eigenvalue weighted by Crippen LogP contribution is 2.34. The highest BCUT2D eigenvalue weighted by atomic mass is 16.5. The Morgan fingerprint density at radius 2 is 1.76 bits per heavy atom.